The van der Waals surface area contributed by atoms with Crippen LogP contribution in [-0.2, 0) is 0 Å². The number of halogens is 1. The third-order valence-corrected chi connectivity index (χ3v) is 3.30. The van der Waals surface area contributed by atoms with Gasteiger partial charge in [0.25, 0.3) is 5.91 Å². The Morgan fingerprint density at radius 3 is 3.00 bits per heavy atom. The number of hydrogen-bond acceptors (Lipinski definition) is 5. The first-order valence-corrected chi connectivity index (χ1v) is 6.45. The predicted octanol–water partition coefficient (Wildman–Crippen LogP) is 0.822. The SMILES string of the molecule is COc1ccc(F)c(NC(=O)c2cn(C3CNC3)nn2)c1. The number of methoxy groups -OCH3 is 1. The molecule has 1 aliphatic heterocycles. The zero-order valence-corrected chi connectivity index (χ0v) is 11.3. The summed E-state index contributed by atoms with van der Waals surface area (Å²) in [5.41, 5.74) is 0.184. The predicted molar refractivity (Wildman–Crippen MR) is 72.8 cm³/mol. The quantitative estimate of drug-likeness (QED) is 0.871. The van der Waals surface area contributed by atoms with E-state index in [0.29, 0.717) is 5.75 Å². The highest BCUT2D eigenvalue weighted by atomic mass is 19.1. The Balaban J connectivity index is 1.75. The number of amides is 1. The molecule has 0 spiro atoms. The third-order valence-electron chi connectivity index (χ3n) is 3.30. The number of benzene rings is 1. The molecule has 7 nitrogen and oxygen atoms in total. The molecule has 8 heteroatoms. The van der Waals surface area contributed by atoms with Crippen molar-refractivity contribution in [2.24, 2.45) is 0 Å². The zero-order valence-electron chi connectivity index (χ0n) is 11.3. The van der Waals surface area contributed by atoms with E-state index < -0.39 is 11.7 Å². The summed E-state index contributed by atoms with van der Waals surface area (Å²) in [4.78, 5) is 12.1. The summed E-state index contributed by atoms with van der Waals surface area (Å²) in [5, 5.41) is 13.3. The van der Waals surface area contributed by atoms with Gasteiger partial charge in [0.2, 0.25) is 0 Å². The molecular formula is C13H14FN5O2. The van der Waals surface area contributed by atoms with Crippen molar-refractivity contribution in [3.8, 4) is 5.75 Å². The molecule has 21 heavy (non-hydrogen) atoms. The summed E-state index contributed by atoms with van der Waals surface area (Å²) in [5.74, 6) is -0.601. The molecule has 0 saturated carbocycles. The van der Waals surface area contributed by atoms with E-state index in [1.165, 1.54) is 25.3 Å². The number of nitrogens with one attached hydrogen (secondary N) is 2. The van der Waals surface area contributed by atoms with Crippen molar-refractivity contribution < 1.29 is 13.9 Å². The molecule has 2 heterocycles. The number of rotatable bonds is 4. The Bertz CT molecular complexity index is 668. The largest absolute Gasteiger partial charge is 0.497 e. The Morgan fingerprint density at radius 2 is 2.33 bits per heavy atom. The van der Waals surface area contributed by atoms with Crippen LogP contribution in [0.5, 0.6) is 5.75 Å². The minimum Gasteiger partial charge on any atom is -0.497 e. The minimum atomic E-state index is -0.542. The maximum Gasteiger partial charge on any atom is 0.277 e. The molecule has 1 amide bonds. The van der Waals surface area contributed by atoms with E-state index >= 15 is 0 Å². The van der Waals surface area contributed by atoms with Crippen molar-refractivity contribution in [1.82, 2.24) is 20.3 Å². The van der Waals surface area contributed by atoms with Gasteiger partial charge in [-0.15, -0.1) is 5.10 Å². The average molecular weight is 291 g/mol. The maximum absolute atomic E-state index is 13.7. The van der Waals surface area contributed by atoms with Crippen molar-refractivity contribution >= 4 is 11.6 Å². The lowest BCUT2D eigenvalue weighted by Gasteiger charge is -2.26. The normalized spacial score (nSPS) is 14.6. The topological polar surface area (TPSA) is 81.1 Å². The molecule has 1 saturated heterocycles. The molecule has 110 valence electrons. The van der Waals surface area contributed by atoms with Gasteiger partial charge in [0, 0.05) is 19.2 Å². The molecule has 0 atom stereocenters. The van der Waals surface area contributed by atoms with E-state index in [9.17, 15) is 9.18 Å². The van der Waals surface area contributed by atoms with E-state index in [-0.39, 0.29) is 17.4 Å². The molecule has 2 aromatic rings. The first-order valence-electron chi connectivity index (χ1n) is 6.45. The van der Waals surface area contributed by atoms with Gasteiger partial charge in [-0.3, -0.25) is 4.79 Å². The maximum atomic E-state index is 13.7. The highest BCUT2D eigenvalue weighted by Crippen LogP contribution is 2.21. The number of anilines is 1. The Morgan fingerprint density at radius 1 is 1.52 bits per heavy atom. The Labute approximate surface area is 120 Å². The second-order valence-corrected chi connectivity index (χ2v) is 4.70. The van der Waals surface area contributed by atoms with Gasteiger partial charge in [-0.05, 0) is 12.1 Å². The second-order valence-electron chi connectivity index (χ2n) is 4.70. The lowest BCUT2D eigenvalue weighted by Crippen LogP contribution is -2.43. The summed E-state index contributed by atoms with van der Waals surface area (Å²) in [6, 6.07) is 4.33. The van der Waals surface area contributed by atoms with Crippen molar-refractivity contribution in [1.29, 1.82) is 0 Å². The van der Waals surface area contributed by atoms with E-state index in [2.05, 4.69) is 20.9 Å². The van der Waals surface area contributed by atoms with Crippen LogP contribution in [-0.4, -0.2) is 41.1 Å². The van der Waals surface area contributed by atoms with Crippen LogP contribution in [0.25, 0.3) is 0 Å². The van der Waals surface area contributed by atoms with Crippen LogP contribution < -0.4 is 15.4 Å². The van der Waals surface area contributed by atoms with Crippen LogP contribution in [0.1, 0.15) is 16.5 Å². The van der Waals surface area contributed by atoms with Crippen LogP contribution in [0.4, 0.5) is 10.1 Å². The molecule has 3 rings (SSSR count). The summed E-state index contributed by atoms with van der Waals surface area (Å²) < 4.78 is 20.3. The average Bonchev–Trinajstić information content (AvgIpc) is 2.88. The Kier molecular flexibility index (Phi) is 3.53. The summed E-state index contributed by atoms with van der Waals surface area (Å²) >= 11 is 0. The van der Waals surface area contributed by atoms with Gasteiger partial charge < -0.3 is 15.4 Å². The number of carbonyl (C=O) groups is 1. The zero-order chi connectivity index (χ0) is 14.8. The van der Waals surface area contributed by atoms with Crippen molar-refractivity contribution in [3.63, 3.8) is 0 Å². The molecule has 0 aliphatic carbocycles. The van der Waals surface area contributed by atoms with E-state index in [0.717, 1.165) is 13.1 Å². The van der Waals surface area contributed by atoms with Crippen molar-refractivity contribution in [2.45, 2.75) is 6.04 Å². The van der Waals surface area contributed by atoms with Crippen LogP contribution >= 0.6 is 0 Å². The van der Waals surface area contributed by atoms with Crippen LogP contribution in [0.15, 0.2) is 24.4 Å². The van der Waals surface area contributed by atoms with Crippen LogP contribution in [0.2, 0.25) is 0 Å². The molecule has 0 radical (unpaired) electrons. The molecule has 2 N–H and O–H groups in total. The number of nitrogens with zero attached hydrogens (tertiary/aromatic N) is 3. The summed E-state index contributed by atoms with van der Waals surface area (Å²) in [7, 11) is 1.47. The third kappa shape index (κ3) is 2.70. The van der Waals surface area contributed by atoms with Crippen molar-refractivity contribution in [2.75, 3.05) is 25.5 Å². The summed E-state index contributed by atoms with van der Waals surface area (Å²) in [6.07, 6.45) is 1.55. The monoisotopic (exact) mass is 291 g/mol. The standard InChI is InChI=1S/C13H14FN5O2/c1-21-9-2-3-10(14)11(4-9)16-13(20)12-7-19(18-17-12)8-5-15-6-8/h2-4,7-8,15H,5-6H2,1H3,(H,16,20). The fraction of sp³-hybridized carbons (Fsp3) is 0.308. The van der Waals surface area contributed by atoms with Gasteiger partial charge in [0.1, 0.15) is 11.6 Å². The molecule has 1 fully saturated rings. The number of hydrogen-bond donors (Lipinski definition) is 2. The highest BCUT2D eigenvalue weighted by Gasteiger charge is 2.22. The lowest BCUT2D eigenvalue weighted by molar-refractivity contribution is 0.102. The van der Waals surface area contributed by atoms with E-state index in [1.54, 1.807) is 10.9 Å². The van der Waals surface area contributed by atoms with E-state index in [1.807, 2.05) is 0 Å². The summed E-state index contributed by atoms with van der Waals surface area (Å²) in [6.45, 7) is 1.60. The van der Waals surface area contributed by atoms with Crippen LogP contribution in [0, 0.1) is 5.82 Å². The molecule has 1 aromatic heterocycles. The van der Waals surface area contributed by atoms with E-state index in [4.69, 9.17) is 4.74 Å². The second kappa shape index (κ2) is 5.49. The molecule has 0 bridgehead atoms. The Hall–Kier alpha value is -2.48. The van der Waals surface area contributed by atoms with Crippen molar-refractivity contribution in [3.05, 3.63) is 35.9 Å². The van der Waals surface area contributed by atoms with Crippen LogP contribution in [0.3, 0.4) is 0 Å². The van der Waals surface area contributed by atoms with Gasteiger partial charge in [-0.25, -0.2) is 9.07 Å². The lowest BCUT2D eigenvalue weighted by atomic mass is 10.2. The first kappa shape index (κ1) is 13.5. The molecular weight excluding hydrogens is 277 g/mol. The minimum absolute atomic E-state index is 0.0409. The van der Waals surface area contributed by atoms with Gasteiger partial charge in [-0.1, -0.05) is 5.21 Å². The number of aromatic nitrogens is 3. The number of carbonyl (C=O) groups excluding carboxylic acids is 1. The number of ether oxygens (including phenoxy) is 1. The first-order chi connectivity index (χ1) is 10.2. The van der Waals surface area contributed by atoms with Gasteiger partial charge >= 0.3 is 0 Å². The van der Waals surface area contributed by atoms with Gasteiger partial charge in [0.15, 0.2) is 5.69 Å². The molecule has 1 aromatic carbocycles. The highest BCUT2D eigenvalue weighted by molar-refractivity contribution is 6.02. The fourth-order valence-corrected chi connectivity index (χ4v) is 1.93. The molecule has 1 aliphatic rings. The smallest absolute Gasteiger partial charge is 0.277 e. The van der Waals surface area contributed by atoms with Gasteiger partial charge in [-0.2, -0.15) is 0 Å². The van der Waals surface area contributed by atoms with Gasteiger partial charge in [0.05, 0.1) is 25.0 Å². The molecule has 0 unspecified atom stereocenters. The fourth-order valence-electron chi connectivity index (χ4n) is 1.93.